The molecule has 114 valence electrons. The molecule has 1 heterocycles. The van der Waals surface area contributed by atoms with Gasteiger partial charge in [-0.25, -0.2) is 0 Å². The number of aliphatic hydroxyl groups excluding tert-OH is 1. The van der Waals surface area contributed by atoms with E-state index in [0.717, 1.165) is 26.2 Å². The second-order valence-corrected chi connectivity index (χ2v) is 4.78. The molecule has 0 aliphatic rings. The summed E-state index contributed by atoms with van der Waals surface area (Å²) in [4.78, 5) is 2.32. The van der Waals surface area contributed by atoms with Crippen molar-refractivity contribution in [2.24, 2.45) is 0 Å². The lowest BCUT2D eigenvalue weighted by Gasteiger charge is -2.19. The van der Waals surface area contributed by atoms with Crippen molar-refractivity contribution >= 4 is 11.6 Å². The van der Waals surface area contributed by atoms with Crippen LogP contribution in [-0.2, 0) is 0 Å². The van der Waals surface area contributed by atoms with Crippen molar-refractivity contribution in [2.75, 3.05) is 39.3 Å². The Labute approximate surface area is 125 Å². The highest BCUT2D eigenvalue weighted by molar-refractivity contribution is 6.29. The van der Waals surface area contributed by atoms with E-state index >= 15 is 0 Å². The Kier molecular flexibility index (Phi) is 8.45. The minimum absolute atomic E-state index is 0.175. The molecular formula is C13H23ClN4O2. The van der Waals surface area contributed by atoms with Crippen molar-refractivity contribution in [1.29, 1.82) is 0 Å². The number of hydrogen-bond donors (Lipinski definition) is 2. The third-order valence-electron chi connectivity index (χ3n) is 2.91. The van der Waals surface area contributed by atoms with Crippen molar-refractivity contribution in [3.8, 4) is 5.88 Å². The van der Waals surface area contributed by atoms with Gasteiger partial charge >= 0.3 is 0 Å². The lowest BCUT2D eigenvalue weighted by molar-refractivity contribution is 0.103. The lowest BCUT2D eigenvalue weighted by Crippen LogP contribution is -2.37. The molecule has 7 heteroatoms. The topological polar surface area (TPSA) is 70.5 Å². The molecule has 1 atom stereocenters. The summed E-state index contributed by atoms with van der Waals surface area (Å²) in [5, 5.41) is 20.7. The maximum Gasteiger partial charge on any atom is 0.233 e. The van der Waals surface area contributed by atoms with Crippen LogP contribution in [0.5, 0.6) is 5.88 Å². The van der Waals surface area contributed by atoms with Crippen LogP contribution in [0.4, 0.5) is 0 Å². The first-order chi connectivity index (χ1) is 9.65. The fourth-order valence-corrected chi connectivity index (χ4v) is 1.77. The largest absolute Gasteiger partial charge is 0.474 e. The first kappa shape index (κ1) is 17.1. The van der Waals surface area contributed by atoms with E-state index in [1.165, 1.54) is 0 Å². The predicted molar refractivity (Wildman–Crippen MR) is 79.2 cm³/mol. The number of ether oxygens (including phenoxy) is 1. The first-order valence-electron chi connectivity index (χ1n) is 6.88. The average Bonchev–Trinajstić information content (AvgIpc) is 2.47. The molecule has 0 spiro atoms. The molecule has 0 fully saturated rings. The number of nitrogens with zero attached hydrogens (tertiary/aromatic N) is 3. The Balaban J connectivity index is 2.11. The number of hydrogen-bond acceptors (Lipinski definition) is 6. The number of aliphatic hydroxyl groups is 1. The Morgan fingerprint density at radius 1 is 1.35 bits per heavy atom. The number of rotatable bonds is 10. The van der Waals surface area contributed by atoms with E-state index in [9.17, 15) is 5.11 Å². The average molecular weight is 303 g/mol. The van der Waals surface area contributed by atoms with E-state index in [4.69, 9.17) is 16.3 Å². The summed E-state index contributed by atoms with van der Waals surface area (Å²) in [6.45, 7) is 8.84. The second-order valence-electron chi connectivity index (χ2n) is 4.39. The molecular weight excluding hydrogens is 280 g/mol. The van der Waals surface area contributed by atoms with Crippen LogP contribution >= 0.6 is 11.6 Å². The maximum absolute atomic E-state index is 9.77. The normalized spacial score (nSPS) is 12.7. The van der Waals surface area contributed by atoms with Crippen molar-refractivity contribution in [1.82, 2.24) is 20.4 Å². The van der Waals surface area contributed by atoms with E-state index in [1.807, 2.05) is 0 Å². The molecule has 0 bridgehead atoms. The quantitative estimate of drug-likeness (QED) is 0.623. The highest BCUT2D eigenvalue weighted by Gasteiger charge is 2.06. The van der Waals surface area contributed by atoms with Crippen LogP contribution in [-0.4, -0.2) is 65.6 Å². The van der Waals surface area contributed by atoms with E-state index in [1.54, 1.807) is 12.1 Å². The molecule has 1 aromatic rings. The Morgan fingerprint density at radius 2 is 2.10 bits per heavy atom. The van der Waals surface area contributed by atoms with Crippen molar-refractivity contribution in [2.45, 2.75) is 20.0 Å². The number of likely N-dealkylation sites (N-methyl/N-ethyl adjacent to an activating group) is 1. The van der Waals surface area contributed by atoms with E-state index < -0.39 is 6.10 Å². The molecule has 0 radical (unpaired) electrons. The molecule has 0 aliphatic carbocycles. The van der Waals surface area contributed by atoms with Gasteiger partial charge < -0.3 is 20.1 Å². The second kappa shape index (κ2) is 9.88. The third kappa shape index (κ3) is 7.00. The summed E-state index contributed by atoms with van der Waals surface area (Å²) in [5.74, 6) is 0.358. The lowest BCUT2D eigenvalue weighted by atomic mass is 10.3. The minimum atomic E-state index is -0.579. The zero-order valence-corrected chi connectivity index (χ0v) is 12.8. The molecule has 20 heavy (non-hydrogen) atoms. The van der Waals surface area contributed by atoms with E-state index in [2.05, 4.69) is 34.3 Å². The van der Waals surface area contributed by atoms with E-state index in [0.29, 0.717) is 17.6 Å². The highest BCUT2D eigenvalue weighted by atomic mass is 35.5. The number of halogens is 1. The van der Waals surface area contributed by atoms with Gasteiger partial charge in [0.15, 0.2) is 5.15 Å². The van der Waals surface area contributed by atoms with Crippen LogP contribution in [0.25, 0.3) is 0 Å². The van der Waals surface area contributed by atoms with Crippen LogP contribution in [0.2, 0.25) is 5.15 Å². The van der Waals surface area contributed by atoms with Gasteiger partial charge in [0.1, 0.15) is 12.7 Å². The smallest absolute Gasteiger partial charge is 0.233 e. The van der Waals surface area contributed by atoms with Gasteiger partial charge in [-0.05, 0) is 19.2 Å². The maximum atomic E-state index is 9.77. The molecule has 0 aromatic carbocycles. The molecule has 0 saturated heterocycles. The fraction of sp³-hybridized carbons (Fsp3) is 0.692. The zero-order chi connectivity index (χ0) is 14.8. The van der Waals surface area contributed by atoms with Gasteiger partial charge in [0, 0.05) is 25.7 Å². The summed E-state index contributed by atoms with van der Waals surface area (Å²) in [6.07, 6.45) is -0.579. The molecule has 0 amide bonds. The molecule has 1 rings (SSSR count). The van der Waals surface area contributed by atoms with Crippen molar-refractivity contribution in [3.05, 3.63) is 17.3 Å². The number of nitrogens with one attached hydrogen (secondary N) is 1. The molecule has 1 aromatic heterocycles. The molecule has 6 nitrogen and oxygen atoms in total. The summed E-state index contributed by atoms with van der Waals surface area (Å²) in [7, 11) is 0. The van der Waals surface area contributed by atoms with Crippen LogP contribution < -0.4 is 10.1 Å². The van der Waals surface area contributed by atoms with Crippen LogP contribution in [0.1, 0.15) is 13.8 Å². The van der Waals surface area contributed by atoms with Gasteiger partial charge in [-0.15, -0.1) is 10.2 Å². The molecule has 0 aliphatic heterocycles. The highest BCUT2D eigenvalue weighted by Crippen LogP contribution is 2.08. The van der Waals surface area contributed by atoms with Gasteiger partial charge in [0.05, 0.1) is 0 Å². The van der Waals surface area contributed by atoms with Gasteiger partial charge in [-0.1, -0.05) is 25.4 Å². The fourth-order valence-electron chi connectivity index (χ4n) is 1.67. The summed E-state index contributed by atoms with van der Waals surface area (Å²) >= 11 is 5.62. The van der Waals surface area contributed by atoms with Crippen LogP contribution in [0.3, 0.4) is 0 Å². The first-order valence-corrected chi connectivity index (χ1v) is 7.26. The Hall–Kier alpha value is -0.950. The van der Waals surface area contributed by atoms with Crippen LogP contribution in [0, 0.1) is 0 Å². The third-order valence-corrected chi connectivity index (χ3v) is 3.11. The molecule has 0 saturated carbocycles. The summed E-state index contributed by atoms with van der Waals surface area (Å²) in [6, 6.07) is 3.22. The standard InChI is InChI=1S/C13H23ClN4O2/c1-3-18(4-2)8-7-15-9-11(19)10-20-13-6-5-12(14)16-17-13/h5-6,11,15,19H,3-4,7-10H2,1-2H3. The van der Waals surface area contributed by atoms with Gasteiger partial charge in [-0.2, -0.15) is 0 Å². The van der Waals surface area contributed by atoms with Crippen molar-refractivity contribution in [3.63, 3.8) is 0 Å². The van der Waals surface area contributed by atoms with Gasteiger partial charge in [0.25, 0.3) is 0 Å². The molecule has 2 N–H and O–H groups in total. The Bertz CT molecular complexity index is 360. The van der Waals surface area contributed by atoms with Gasteiger partial charge in [-0.3, -0.25) is 0 Å². The van der Waals surface area contributed by atoms with E-state index in [-0.39, 0.29) is 6.61 Å². The summed E-state index contributed by atoms with van der Waals surface area (Å²) < 4.78 is 5.31. The number of aromatic nitrogens is 2. The Morgan fingerprint density at radius 3 is 2.70 bits per heavy atom. The molecule has 1 unspecified atom stereocenters. The van der Waals surface area contributed by atoms with Gasteiger partial charge in [0.2, 0.25) is 5.88 Å². The van der Waals surface area contributed by atoms with Crippen LogP contribution in [0.15, 0.2) is 12.1 Å². The summed E-state index contributed by atoms with van der Waals surface area (Å²) in [5.41, 5.74) is 0. The predicted octanol–water partition coefficient (Wildman–Crippen LogP) is 0.801. The van der Waals surface area contributed by atoms with Crippen molar-refractivity contribution < 1.29 is 9.84 Å². The monoisotopic (exact) mass is 302 g/mol. The minimum Gasteiger partial charge on any atom is -0.474 e. The zero-order valence-electron chi connectivity index (χ0n) is 12.0. The SMILES string of the molecule is CCN(CC)CCNCC(O)COc1ccc(Cl)nn1.